The normalized spacial score (nSPS) is 19.3. The molecule has 450 valence electrons. The fourth-order valence-electron chi connectivity index (χ4n) is 13.7. The van der Waals surface area contributed by atoms with E-state index in [9.17, 15) is 22.8 Å². The molecular weight excluding hydrogens is 1100 g/mol. The number of alkyl halides is 6. The number of ether oxygens (including phenoxy) is 5. The molecule has 1 saturated heterocycles. The zero-order valence-corrected chi connectivity index (χ0v) is 49.4. The number of halogens is 6. The third kappa shape index (κ3) is 12.0. The van der Waals surface area contributed by atoms with Gasteiger partial charge >= 0.3 is 24.3 Å². The fraction of sp³-hybridized carbons (Fsp3) is 0.389. The number of carbonyl (C=O) groups excluding carboxylic acids is 2. The molecule has 0 aromatic heterocycles. The molecule has 0 radical (unpaired) electrons. The van der Waals surface area contributed by atoms with Gasteiger partial charge in [0.1, 0.15) is 11.5 Å². The summed E-state index contributed by atoms with van der Waals surface area (Å²) in [5.74, 6) is 0.206. The lowest BCUT2D eigenvalue weighted by molar-refractivity contribution is -0.144. The minimum atomic E-state index is -5.18. The second-order valence-electron chi connectivity index (χ2n) is 24.0. The van der Waals surface area contributed by atoms with Crippen LogP contribution in [0.15, 0.2) is 133 Å². The number of fused-ring (bicyclic) bond motifs is 8. The number of unbranched alkanes of at least 4 members (excludes halogenated alkanes) is 2. The molecule has 0 N–H and O–H groups in total. The number of methoxy groups -OCH3 is 1. The van der Waals surface area contributed by atoms with Crippen molar-refractivity contribution in [2.24, 2.45) is 11.8 Å². The Bertz CT molecular complexity index is 3620. The Balaban J connectivity index is 0.863. The van der Waals surface area contributed by atoms with Gasteiger partial charge in [-0.1, -0.05) is 138 Å². The molecule has 0 amide bonds. The maximum absolute atomic E-state index is 15.3. The van der Waals surface area contributed by atoms with E-state index in [-0.39, 0.29) is 64.7 Å². The molecule has 7 aromatic rings. The van der Waals surface area contributed by atoms with E-state index < -0.39 is 52.4 Å². The van der Waals surface area contributed by atoms with Gasteiger partial charge in [0, 0.05) is 52.7 Å². The number of morpholine rings is 1. The van der Waals surface area contributed by atoms with Gasteiger partial charge in [-0.25, -0.2) is 0 Å². The number of esters is 2. The summed E-state index contributed by atoms with van der Waals surface area (Å²) in [7, 11) is 1.38. The Hall–Kier alpha value is -7.58. The van der Waals surface area contributed by atoms with Crippen molar-refractivity contribution < 1.29 is 59.6 Å². The SMILES string of the molecule is CCCCCC1CCC(c2ccc(-c3ccc(OC(=O)CCCC(CC)C(=O)Oc4cc5c6c(c7c(c5cc4OC)OC(c4ccccc4)(c4ccc(N5CCOCC5)cc4)C=C7)C(C)(C)c4c-6cc(C(F)(F)F)cc4C(F)(F)F)cc3)cc2)CC1. The van der Waals surface area contributed by atoms with Crippen LogP contribution in [-0.2, 0) is 37.7 Å². The molecule has 2 aliphatic carbocycles. The van der Waals surface area contributed by atoms with E-state index in [0.29, 0.717) is 60.9 Å². The quantitative estimate of drug-likeness (QED) is 0.0364. The zero-order valence-electron chi connectivity index (χ0n) is 49.4. The van der Waals surface area contributed by atoms with Gasteiger partial charge in [-0.05, 0) is 156 Å². The van der Waals surface area contributed by atoms with E-state index in [4.69, 9.17) is 23.7 Å². The molecule has 2 fully saturated rings. The van der Waals surface area contributed by atoms with Crippen molar-refractivity contribution in [3.05, 3.63) is 178 Å². The summed E-state index contributed by atoms with van der Waals surface area (Å²) < 4.78 is 121. The molecule has 1 saturated carbocycles. The van der Waals surface area contributed by atoms with Crippen LogP contribution in [-0.4, -0.2) is 45.4 Å². The van der Waals surface area contributed by atoms with Crippen molar-refractivity contribution in [2.75, 3.05) is 38.3 Å². The number of benzene rings is 7. The highest BCUT2D eigenvalue weighted by Crippen LogP contribution is 2.62. The van der Waals surface area contributed by atoms with Crippen LogP contribution in [0.25, 0.3) is 39.1 Å². The zero-order chi connectivity index (χ0) is 60.5. The summed E-state index contributed by atoms with van der Waals surface area (Å²) in [4.78, 5) is 29.8. The molecule has 86 heavy (non-hydrogen) atoms. The van der Waals surface area contributed by atoms with Crippen LogP contribution in [0, 0.1) is 11.8 Å². The Labute approximate surface area is 499 Å². The van der Waals surface area contributed by atoms with Gasteiger partial charge in [0.25, 0.3) is 0 Å². The number of carbonyl (C=O) groups is 2. The summed E-state index contributed by atoms with van der Waals surface area (Å²) in [6, 6.07) is 37.6. The van der Waals surface area contributed by atoms with Gasteiger partial charge in [-0.3, -0.25) is 9.59 Å². The van der Waals surface area contributed by atoms with E-state index in [1.165, 1.54) is 70.1 Å². The topological polar surface area (TPSA) is 83.5 Å². The van der Waals surface area contributed by atoms with Gasteiger partial charge in [-0.2, -0.15) is 26.3 Å². The number of nitrogens with zero attached hydrogens (tertiary/aromatic N) is 1. The van der Waals surface area contributed by atoms with E-state index in [1.807, 2.05) is 79.7 Å². The third-order valence-electron chi connectivity index (χ3n) is 18.3. The lowest BCUT2D eigenvalue weighted by Gasteiger charge is -2.39. The number of hydrogen-bond acceptors (Lipinski definition) is 8. The summed E-state index contributed by atoms with van der Waals surface area (Å²) in [6.45, 7) is 9.82. The molecule has 4 aliphatic rings. The average Bonchev–Trinajstić information content (AvgIpc) is 1.51. The molecule has 7 aromatic carbocycles. The molecule has 2 aliphatic heterocycles. The fourth-order valence-corrected chi connectivity index (χ4v) is 13.7. The van der Waals surface area contributed by atoms with E-state index in [1.54, 1.807) is 38.1 Å². The number of rotatable bonds is 18. The van der Waals surface area contributed by atoms with Crippen molar-refractivity contribution in [1.29, 1.82) is 0 Å². The monoisotopic (exact) mass is 1180 g/mol. The molecule has 14 heteroatoms. The van der Waals surface area contributed by atoms with Crippen LogP contribution < -0.4 is 23.8 Å². The maximum atomic E-state index is 15.3. The minimum absolute atomic E-state index is 0.0101. The lowest BCUT2D eigenvalue weighted by atomic mass is 9.75. The molecule has 2 unspecified atom stereocenters. The number of hydrogen-bond donors (Lipinski definition) is 0. The Morgan fingerprint density at radius 2 is 1.37 bits per heavy atom. The molecule has 2 heterocycles. The second-order valence-corrected chi connectivity index (χ2v) is 24.0. The first-order valence-corrected chi connectivity index (χ1v) is 30.4. The molecule has 2 atom stereocenters. The molecular formula is C72H73F6NO7. The lowest BCUT2D eigenvalue weighted by Crippen LogP contribution is -2.37. The highest BCUT2D eigenvalue weighted by Gasteiger charge is 2.50. The van der Waals surface area contributed by atoms with Gasteiger partial charge in [-0.15, -0.1) is 0 Å². The van der Waals surface area contributed by atoms with Crippen LogP contribution >= 0.6 is 0 Å². The molecule has 0 spiro atoms. The summed E-state index contributed by atoms with van der Waals surface area (Å²) in [6.07, 6.45) is 4.55. The minimum Gasteiger partial charge on any atom is -0.493 e. The van der Waals surface area contributed by atoms with Crippen molar-refractivity contribution in [2.45, 2.75) is 134 Å². The van der Waals surface area contributed by atoms with Crippen molar-refractivity contribution in [3.8, 4) is 45.3 Å². The van der Waals surface area contributed by atoms with E-state index in [0.717, 1.165) is 39.9 Å². The van der Waals surface area contributed by atoms with Gasteiger partial charge in [0.05, 0.1) is 37.4 Å². The first kappa shape index (κ1) is 60.1. The Morgan fingerprint density at radius 1 is 0.709 bits per heavy atom. The van der Waals surface area contributed by atoms with Gasteiger partial charge in [0.15, 0.2) is 17.1 Å². The van der Waals surface area contributed by atoms with Crippen molar-refractivity contribution >= 4 is 34.5 Å². The first-order valence-electron chi connectivity index (χ1n) is 30.4. The van der Waals surface area contributed by atoms with E-state index in [2.05, 4.69) is 36.1 Å². The predicted octanol–water partition coefficient (Wildman–Crippen LogP) is 18.6. The Kier molecular flexibility index (Phi) is 17.2. The Morgan fingerprint density at radius 3 is 2.01 bits per heavy atom. The molecule has 8 nitrogen and oxygen atoms in total. The summed E-state index contributed by atoms with van der Waals surface area (Å²) in [5.41, 5.74) is 0.385. The van der Waals surface area contributed by atoms with Gasteiger partial charge < -0.3 is 28.6 Å². The predicted molar refractivity (Wildman–Crippen MR) is 324 cm³/mol. The van der Waals surface area contributed by atoms with Crippen LogP contribution in [0.2, 0.25) is 0 Å². The second kappa shape index (κ2) is 24.7. The first-order chi connectivity index (χ1) is 41.3. The smallest absolute Gasteiger partial charge is 0.416 e. The van der Waals surface area contributed by atoms with Crippen molar-refractivity contribution in [1.82, 2.24) is 0 Å². The van der Waals surface area contributed by atoms with Gasteiger partial charge in [0.2, 0.25) is 0 Å². The maximum Gasteiger partial charge on any atom is 0.416 e. The summed E-state index contributed by atoms with van der Waals surface area (Å²) >= 11 is 0. The molecule has 0 bridgehead atoms. The number of anilines is 1. The van der Waals surface area contributed by atoms with Crippen LogP contribution in [0.4, 0.5) is 32.0 Å². The largest absolute Gasteiger partial charge is 0.493 e. The van der Waals surface area contributed by atoms with Crippen molar-refractivity contribution in [3.63, 3.8) is 0 Å². The summed E-state index contributed by atoms with van der Waals surface area (Å²) in [5, 5.41) is 0.484. The van der Waals surface area contributed by atoms with Crippen LogP contribution in [0.5, 0.6) is 23.0 Å². The highest BCUT2D eigenvalue weighted by atomic mass is 19.4. The van der Waals surface area contributed by atoms with Crippen LogP contribution in [0.1, 0.15) is 155 Å². The average molecular weight is 1180 g/mol. The van der Waals surface area contributed by atoms with Crippen LogP contribution in [0.3, 0.4) is 0 Å². The molecule has 11 rings (SSSR count). The van der Waals surface area contributed by atoms with E-state index >= 15 is 13.2 Å². The standard InChI is InChI=1S/C72H73F6NO7/c1-6-8-10-14-45-19-21-47(22-20-45)48-23-25-49(26-24-48)50-27-33-55(34-28-50)84-63(80)18-13-15-46(7-2)68(81)85-62-43-57-58(44-61(62)82-5)67-56(66-64(57)59-41-53(71(73,74)75)42-60(72(76,77)78)65(59)69(66,3)4)35-36-70(86-67,51-16-11-9-12-17-51)52-29-31-54(32-30-52)79-37-39-83-40-38-79/h9,11-12,16-17,23-36,41-47H,6-8,10,13-15,18-22,37-40H2,1-5H3. The highest BCUT2D eigenvalue weighted by molar-refractivity contribution is 6.10. The third-order valence-corrected chi connectivity index (χ3v) is 18.3.